The Hall–Kier alpha value is -2.37. The van der Waals surface area contributed by atoms with Crippen LogP contribution in [-0.4, -0.2) is 15.0 Å². The quantitative estimate of drug-likeness (QED) is 0.721. The molecule has 6 nitrogen and oxygen atoms in total. The highest BCUT2D eigenvalue weighted by Gasteiger charge is 2.04. The molecule has 2 aromatic heterocycles. The summed E-state index contributed by atoms with van der Waals surface area (Å²) in [6, 6.07) is 1.92. The van der Waals surface area contributed by atoms with E-state index < -0.39 is 0 Å². The molecule has 17 heavy (non-hydrogen) atoms. The molecule has 0 amide bonds. The van der Waals surface area contributed by atoms with E-state index in [0.29, 0.717) is 12.4 Å². The number of nitrogens with zero attached hydrogens (tertiary/aromatic N) is 2. The summed E-state index contributed by atoms with van der Waals surface area (Å²) in [5, 5.41) is 3.01. The number of pyridine rings is 1. The first kappa shape index (κ1) is 11.1. The topological polar surface area (TPSA) is 96.7 Å². The van der Waals surface area contributed by atoms with Crippen LogP contribution in [0.1, 0.15) is 11.1 Å². The van der Waals surface area contributed by atoms with Gasteiger partial charge < -0.3 is 16.0 Å². The molecule has 0 fully saturated rings. The Kier molecular flexibility index (Phi) is 3.04. The third-order valence-corrected chi connectivity index (χ3v) is 2.48. The number of nitrogen functional groups attached to an aromatic ring is 1. The van der Waals surface area contributed by atoms with E-state index in [9.17, 15) is 4.79 Å². The number of aromatic amines is 1. The lowest BCUT2D eigenvalue weighted by molar-refractivity contribution is 1.04. The summed E-state index contributed by atoms with van der Waals surface area (Å²) in [5.41, 5.74) is 7.51. The Morgan fingerprint density at radius 3 is 3.12 bits per heavy atom. The van der Waals surface area contributed by atoms with Gasteiger partial charge in [-0.05, 0) is 24.1 Å². The lowest BCUT2D eigenvalue weighted by atomic mass is 10.1. The van der Waals surface area contributed by atoms with Crippen LogP contribution in [0.15, 0.2) is 29.6 Å². The number of H-pyrrole nitrogens is 1. The van der Waals surface area contributed by atoms with Gasteiger partial charge in [0, 0.05) is 18.9 Å². The number of anilines is 2. The van der Waals surface area contributed by atoms with Crippen LogP contribution in [-0.2, 0) is 6.54 Å². The molecule has 88 valence electrons. The number of nitrogens with two attached hydrogens (primary N) is 1. The summed E-state index contributed by atoms with van der Waals surface area (Å²) in [7, 11) is 0. The van der Waals surface area contributed by atoms with E-state index in [0.717, 1.165) is 11.1 Å². The van der Waals surface area contributed by atoms with Crippen molar-refractivity contribution in [2.24, 2.45) is 0 Å². The molecule has 0 saturated heterocycles. The standard InChI is InChI=1S/C11H13N5O/c1-7-2-3-13-4-8(7)5-14-10-9(12)11(17)16-6-15-10/h2-4,6H,5,12H2,1H3,(H2,14,15,16,17). The normalized spacial score (nSPS) is 10.2. The maximum absolute atomic E-state index is 11.2. The predicted molar refractivity (Wildman–Crippen MR) is 65.6 cm³/mol. The lowest BCUT2D eigenvalue weighted by Crippen LogP contribution is -2.16. The van der Waals surface area contributed by atoms with E-state index >= 15 is 0 Å². The molecule has 0 bridgehead atoms. The zero-order valence-corrected chi connectivity index (χ0v) is 9.40. The largest absolute Gasteiger partial charge is 0.391 e. The van der Waals surface area contributed by atoms with Gasteiger partial charge in [-0.25, -0.2) is 4.98 Å². The molecule has 0 saturated carbocycles. The molecule has 0 aliphatic rings. The van der Waals surface area contributed by atoms with Gasteiger partial charge >= 0.3 is 0 Å². The fraction of sp³-hybridized carbons (Fsp3) is 0.182. The lowest BCUT2D eigenvalue weighted by Gasteiger charge is -2.08. The second-order valence-electron chi connectivity index (χ2n) is 3.65. The monoisotopic (exact) mass is 231 g/mol. The van der Waals surface area contributed by atoms with Crippen LogP contribution in [0.3, 0.4) is 0 Å². The minimum absolute atomic E-state index is 0.0917. The maximum Gasteiger partial charge on any atom is 0.276 e. The van der Waals surface area contributed by atoms with Crippen molar-refractivity contribution in [1.82, 2.24) is 15.0 Å². The Morgan fingerprint density at radius 1 is 1.53 bits per heavy atom. The molecule has 0 aliphatic carbocycles. The fourth-order valence-corrected chi connectivity index (χ4v) is 1.41. The summed E-state index contributed by atoms with van der Waals surface area (Å²) < 4.78 is 0. The molecule has 0 aromatic carbocycles. The van der Waals surface area contributed by atoms with Crippen LogP contribution in [0.2, 0.25) is 0 Å². The van der Waals surface area contributed by atoms with Crippen LogP contribution < -0.4 is 16.6 Å². The number of rotatable bonds is 3. The summed E-state index contributed by atoms with van der Waals surface area (Å²) in [5.74, 6) is 0.386. The molecule has 4 N–H and O–H groups in total. The first-order valence-electron chi connectivity index (χ1n) is 5.15. The van der Waals surface area contributed by atoms with Crippen molar-refractivity contribution in [3.63, 3.8) is 0 Å². The zero-order chi connectivity index (χ0) is 12.3. The van der Waals surface area contributed by atoms with Gasteiger partial charge in [0.15, 0.2) is 5.82 Å². The number of nitrogens with one attached hydrogen (secondary N) is 2. The van der Waals surface area contributed by atoms with E-state index in [1.54, 1.807) is 12.4 Å². The number of aryl methyl sites for hydroxylation is 1. The fourth-order valence-electron chi connectivity index (χ4n) is 1.41. The Balaban J connectivity index is 2.16. The van der Waals surface area contributed by atoms with Crippen LogP contribution in [0.5, 0.6) is 0 Å². The molecule has 2 heterocycles. The van der Waals surface area contributed by atoms with Crippen molar-refractivity contribution in [1.29, 1.82) is 0 Å². The molecule has 0 radical (unpaired) electrons. The van der Waals surface area contributed by atoms with Gasteiger partial charge in [-0.2, -0.15) is 0 Å². The second-order valence-corrected chi connectivity index (χ2v) is 3.65. The highest BCUT2D eigenvalue weighted by Crippen LogP contribution is 2.11. The van der Waals surface area contributed by atoms with E-state index in [-0.39, 0.29) is 11.2 Å². The van der Waals surface area contributed by atoms with Crippen molar-refractivity contribution < 1.29 is 0 Å². The molecule has 2 aromatic rings. The van der Waals surface area contributed by atoms with Crippen LogP contribution in [0.25, 0.3) is 0 Å². The van der Waals surface area contributed by atoms with Crippen molar-refractivity contribution in [3.05, 3.63) is 46.3 Å². The summed E-state index contributed by atoms with van der Waals surface area (Å²) >= 11 is 0. The van der Waals surface area contributed by atoms with Crippen LogP contribution in [0.4, 0.5) is 11.5 Å². The molecular formula is C11H13N5O. The minimum Gasteiger partial charge on any atom is -0.391 e. The van der Waals surface area contributed by atoms with E-state index in [2.05, 4.69) is 20.3 Å². The second kappa shape index (κ2) is 4.65. The molecule has 2 rings (SSSR count). The van der Waals surface area contributed by atoms with Crippen molar-refractivity contribution in [2.45, 2.75) is 13.5 Å². The van der Waals surface area contributed by atoms with Gasteiger partial charge in [0.25, 0.3) is 5.56 Å². The van der Waals surface area contributed by atoms with Crippen molar-refractivity contribution in [2.75, 3.05) is 11.1 Å². The van der Waals surface area contributed by atoms with Crippen molar-refractivity contribution in [3.8, 4) is 0 Å². The third-order valence-electron chi connectivity index (χ3n) is 2.48. The minimum atomic E-state index is -0.342. The highest BCUT2D eigenvalue weighted by atomic mass is 16.1. The number of aromatic nitrogens is 3. The summed E-state index contributed by atoms with van der Waals surface area (Å²) in [6.07, 6.45) is 4.82. The van der Waals surface area contributed by atoms with Gasteiger partial charge in [0.1, 0.15) is 5.69 Å². The average molecular weight is 231 g/mol. The maximum atomic E-state index is 11.2. The van der Waals surface area contributed by atoms with E-state index in [1.807, 2.05) is 13.0 Å². The van der Waals surface area contributed by atoms with Gasteiger partial charge in [-0.3, -0.25) is 9.78 Å². The first-order valence-corrected chi connectivity index (χ1v) is 5.15. The number of hydrogen-bond acceptors (Lipinski definition) is 5. The van der Waals surface area contributed by atoms with Crippen LogP contribution >= 0.6 is 0 Å². The van der Waals surface area contributed by atoms with Crippen LogP contribution in [0, 0.1) is 6.92 Å². The summed E-state index contributed by atoms with van der Waals surface area (Å²) in [6.45, 7) is 2.52. The van der Waals surface area contributed by atoms with Gasteiger partial charge in [-0.1, -0.05) is 0 Å². The SMILES string of the molecule is Cc1ccncc1CNc1nc[nH]c(=O)c1N. The molecule has 6 heteroatoms. The van der Waals surface area contributed by atoms with Crippen molar-refractivity contribution >= 4 is 11.5 Å². The molecular weight excluding hydrogens is 218 g/mol. The summed E-state index contributed by atoms with van der Waals surface area (Å²) in [4.78, 5) is 21.7. The Bertz CT molecular complexity index is 578. The van der Waals surface area contributed by atoms with Gasteiger partial charge in [0.05, 0.1) is 6.33 Å². The predicted octanol–water partition coefficient (Wildman–Crippen LogP) is 0.668. The highest BCUT2D eigenvalue weighted by molar-refractivity contribution is 5.59. The first-order chi connectivity index (χ1) is 8.18. The van der Waals surface area contributed by atoms with E-state index in [4.69, 9.17) is 5.73 Å². The third kappa shape index (κ3) is 2.41. The average Bonchev–Trinajstić information content (AvgIpc) is 2.33. The smallest absolute Gasteiger partial charge is 0.276 e. The van der Waals surface area contributed by atoms with Gasteiger partial charge in [-0.15, -0.1) is 0 Å². The Morgan fingerprint density at radius 2 is 2.35 bits per heavy atom. The molecule has 0 atom stereocenters. The van der Waals surface area contributed by atoms with E-state index in [1.165, 1.54) is 6.33 Å². The number of hydrogen-bond donors (Lipinski definition) is 3. The molecule has 0 unspecified atom stereocenters. The Labute approximate surface area is 97.9 Å². The molecule has 0 aliphatic heterocycles. The van der Waals surface area contributed by atoms with Gasteiger partial charge in [0.2, 0.25) is 0 Å². The zero-order valence-electron chi connectivity index (χ0n) is 9.40. The molecule has 0 spiro atoms.